The zero-order chi connectivity index (χ0) is 19.0. The molecule has 0 bridgehead atoms. The Morgan fingerprint density at radius 2 is 2.00 bits per heavy atom. The van der Waals surface area contributed by atoms with Gasteiger partial charge in [-0.05, 0) is 36.3 Å². The number of nitrogens with zero attached hydrogens (tertiary/aromatic N) is 3. The molecule has 1 aliphatic heterocycles. The second-order valence-corrected chi connectivity index (χ2v) is 8.03. The second kappa shape index (κ2) is 9.80. The maximum atomic E-state index is 5.53. The smallest absolute Gasteiger partial charge is 0.191 e. The van der Waals surface area contributed by atoms with Gasteiger partial charge in [-0.25, -0.2) is 0 Å². The Labute approximate surface area is 165 Å². The summed E-state index contributed by atoms with van der Waals surface area (Å²) in [6.45, 7) is 4.08. The monoisotopic (exact) mass is 387 g/mol. The summed E-state index contributed by atoms with van der Waals surface area (Å²) in [6.07, 6.45) is 8.13. The average molecular weight is 388 g/mol. The van der Waals surface area contributed by atoms with Gasteiger partial charge in [0.2, 0.25) is 0 Å². The van der Waals surface area contributed by atoms with Gasteiger partial charge in [-0.15, -0.1) is 0 Å². The van der Waals surface area contributed by atoms with Crippen molar-refractivity contribution in [3.05, 3.63) is 53.9 Å². The Balaban J connectivity index is 1.56. The lowest BCUT2D eigenvalue weighted by Gasteiger charge is -2.36. The predicted octanol–water partition coefficient (Wildman–Crippen LogP) is 2.51. The van der Waals surface area contributed by atoms with Crippen molar-refractivity contribution in [2.24, 2.45) is 4.99 Å². The summed E-state index contributed by atoms with van der Waals surface area (Å²) in [5.41, 5.74) is 2.51. The van der Waals surface area contributed by atoms with E-state index in [-0.39, 0.29) is 4.75 Å². The molecule has 0 radical (unpaired) electrons. The summed E-state index contributed by atoms with van der Waals surface area (Å²) in [5.74, 6) is 0.837. The number of ether oxygens (including phenoxy) is 1. The highest BCUT2D eigenvalue weighted by Crippen LogP contribution is 2.32. The molecule has 27 heavy (non-hydrogen) atoms. The van der Waals surface area contributed by atoms with Crippen molar-refractivity contribution in [3.63, 3.8) is 0 Å². The molecule has 0 atom stereocenters. The van der Waals surface area contributed by atoms with Crippen LogP contribution in [0.15, 0.2) is 47.7 Å². The molecular formula is C20H29N5OS. The molecule has 0 saturated carbocycles. The molecule has 1 aliphatic rings. The van der Waals surface area contributed by atoms with Crippen LogP contribution in [0.3, 0.4) is 0 Å². The van der Waals surface area contributed by atoms with Gasteiger partial charge in [0, 0.05) is 50.5 Å². The van der Waals surface area contributed by atoms with Crippen LogP contribution in [0, 0.1) is 0 Å². The first-order chi connectivity index (χ1) is 13.2. The lowest BCUT2D eigenvalue weighted by atomic mass is 9.99. The maximum Gasteiger partial charge on any atom is 0.191 e. The number of aliphatic imine (C=N–C) groups is 1. The van der Waals surface area contributed by atoms with E-state index in [4.69, 9.17) is 4.74 Å². The number of guanidine groups is 1. The van der Waals surface area contributed by atoms with E-state index in [0.717, 1.165) is 51.6 Å². The van der Waals surface area contributed by atoms with Crippen molar-refractivity contribution >= 4 is 17.7 Å². The van der Waals surface area contributed by atoms with Crippen molar-refractivity contribution in [2.45, 2.75) is 30.7 Å². The summed E-state index contributed by atoms with van der Waals surface area (Å²) < 4.78 is 7.70. The van der Waals surface area contributed by atoms with Gasteiger partial charge >= 0.3 is 0 Å². The number of nitrogens with one attached hydrogen (secondary N) is 2. The third-order valence-electron chi connectivity index (χ3n) is 5.09. The topological polar surface area (TPSA) is 63.5 Å². The van der Waals surface area contributed by atoms with Gasteiger partial charge in [0.15, 0.2) is 5.96 Å². The molecule has 2 aromatic rings. The van der Waals surface area contributed by atoms with Gasteiger partial charge in [-0.2, -0.15) is 16.9 Å². The second-order valence-electron chi connectivity index (χ2n) is 6.75. The van der Waals surface area contributed by atoms with Crippen LogP contribution in [-0.2, 0) is 17.8 Å². The molecule has 2 N–H and O–H groups in total. The molecule has 3 rings (SSSR count). The Morgan fingerprint density at radius 1 is 1.22 bits per heavy atom. The Morgan fingerprint density at radius 3 is 2.67 bits per heavy atom. The molecule has 0 aliphatic carbocycles. The van der Waals surface area contributed by atoms with Crippen LogP contribution < -0.4 is 10.6 Å². The third kappa shape index (κ3) is 5.49. The van der Waals surface area contributed by atoms with Crippen LogP contribution in [0.1, 0.15) is 24.0 Å². The fourth-order valence-corrected chi connectivity index (χ4v) is 4.08. The lowest BCUT2D eigenvalue weighted by Crippen LogP contribution is -2.47. The molecule has 1 fully saturated rings. The highest BCUT2D eigenvalue weighted by molar-refractivity contribution is 8.00. The zero-order valence-electron chi connectivity index (χ0n) is 16.1. The summed E-state index contributed by atoms with van der Waals surface area (Å²) in [5, 5.41) is 11.3. The molecule has 0 spiro atoms. The van der Waals surface area contributed by atoms with Gasteiger partial charge in [-0.1, -0.05) is 24.3 Å². The van der Waals surface area contributed by atoms with Crippen LogP contribution in [0.4, 0.5) is 0 Å². The minimum absolute atomic E-state index is 0.230. The van der Waals surface area contributed by atoms with Crippen molar-refractivity contribution in [1.29, 1.82) is 0 Å². The minimum Gasteiger partial charge on any atom is -0.381 e. The minimum atomic E-state index is 0.230. The molecule has 0 amide bonds. The average Bonchev–Trinajstić information content (AvgIpc) is 3.23. The van der Waals surface area contributed by atoms with E-state index in [1.807, 2.05) is 42.0 Å². The molecule has 0 unspecified atom stereocenters. The van der Waals surface area contributed by atoms with Crippen LogP contribution in [0.25, 0.3) is 0 Å². The Kier molecular flexibility index (Phi) is 7.18. The van der Waals surface area contributed by atoms with Gasteiger partial charge in [0.1, 0.15) is 0 Å². The largest absolute Gasteiger partial charge is 0.381 e. The first-order valence-electron chi connectivity index (χ1n) is 9.36. The van der Waals surface area contributed by atoms with Gasteiger partial charge in [-0.3, -0.25) is 9.67 Å². The standard InChI is InChI=1S/C20H29N5OS/c1-21-19(23-16-20(27-2)8-12-26-13-9-20)22-14-17-6-3-4-7-18(17)15-25-11-5-10-24-25/h3-7,10-11H,8-9,12-16H2,1-2H3,(H2,21,22,23). The molecular weight excluding hydrogens is 358 g/mol. The number of rotatable bonds is 7. The quantitative estimate of drug-likeness (QED) is 0.565. The zero-order valence-corrected chi connectivity index (χ0v) is 17.0. The molecule has 1 aromatic carbocycles. The molecule has 2 heterocycles. The summed E-state index contributed by atoms with van der Waals surface area (Å²) in [4.78, 5) is 4.39. The first-order valence-corrected chi connectivity index (χ1v) is 10.6. The molecule has 7 heteroatoms. The van der Waals surface area contributed by atoms with Gasteiger partial charge in [0.25, 0.3) is 0 Å². The summed E-state index contributed by atoms with van der Waals surface area (Å²) in [7, 11) is 1.82. The van der Waals surface area contributed by atoms with E-state index in [9.17, 15) is 0 Å². The molecule has 1 saturated heterocycles. The van der Waals surface area contributed by atoms with Crippen molar-refractivity contribution < 1.29 is 4.74 Å². The van der Waals surface area contributed by atoms with E-state index in [2.05, 4.69) is 51.2 Å². The van der Waals surface area contributed by atoms with E-state index < -0.39 is 0 Å². The predicted molar refractivity (Wildman–Crippen MR) is 112 cm³/mol. The maximum absolute atomic E-state index is 5.53. The van der Waals surface area contributed by atoms with Crippen LogP contribution in [-0.4, -0.2) is 53.5 Å². The molecule has 146 valence electrons. The normalized spacial score (nSPS) is 16.9. The summed E-state index contributed by atoms with van der Waals surface area (Å²) >= 11 is 1.93. The van der Waals surface area contributed by atoms with E-state index in [1.165, 1.54) is 11.1 Å². The third-order valence-corrected chi connectivity index (χ3v) is 6.51. The van der Waals surface area contributed by atoms with E-state index in [1.54, 1.807) is 0 Å². The van der Waals surface area contributed by atoms with Crippen LogP contribution >= 0.6 is 11.8 Å². The first kappa shape index (κ1) is 19.8. The fraction of sp³-hybridized carbons (Fsp3) is 0.500. The molecule has 6 nitrogen and oxygen atoms in total. The Hall–Kier alpha value is -1.99. The number of benzene rings is 1. The highest BCUT2D eigenvalue weighted by atomic mass is 32.2. The van der Waals surface area contributed by atoms with Crippen LogP contribution in [0.2, 0.25) is 0 Å². The number of hydrogen-bond donors (Lipinski definition) is 2. The summed E-state index contributed by atoms with van der Waals surface area (Å²) in [6, 6.07) is 10.4. The highest BCUT2D eigenvalue weighted by Gasteiger charge is 2.31. The Bertz CT molecular complexity index is 726. The van der Waals surface area contributed by atoms with Crippen molar-refractivity contribution in [2.75, 3.05) is 33.1 Å². The van der Waals surface area contributed by atoms with Crippen molar-refractivity contribution in [3.8, 4) is 0 Å². The van der Waals surface area contributed by atoms with Gasteiger partial charge in [0.05, 0.1) is 6.54 Å². The number of thioether (sulfide) groups is 1. The number of hydrogen-bond acceptors (Lipinski definition) is 4. The lowest BCUT2D eigenvalue weighted by molar-refractivity contribution is 0.0783. The number of aromatic nitrogens is 2. The van der Waals surface area contributed by atoms with Crippen molar-refractivity contribution in [1.82, 2.24) is 20.4 Å². The van der Waals surface area contributed by atoms with Crippen LogP contribution in [0.5, 0.6) is 0 Å². The SMILES string of the molecule is CN=C(NCc1ccccc1Cn1cccn1)NCC1(SC)CCOCC1. The van der Waals surface area contributed by atoms with E-state index in [0.29, 0.717) is 0 Å². The van der Waals surface area contributed by atoms with E-state index >= 15 is 0 Å². The molecule has 1 aromatic heterocycles. The van der Waals surface area contributed by atoms with Gasteiger partial charge < -0.3 is 15.4 Å². The fourth-order valence-electron chi connectivity index (χ4n) is 3.29.